The molecule has 0 bridgehead atoms. The van der Waals surface area contributed by atoms with Gasteiger partial charge in [0.05, 0.1) is 23.7 Å². The van der Waals surface area contributed by atoms with Crippen molar-refractivity contribution >= 4 is 27.5 Å². The van der Waals surface area contributed by atoms with Crippen molar-refractivity contribution in [2.24, 2.45) is 4.99 Å². The summed E-state index contributed by atoms with van der Waals surface area (Å²) in [6, 6.07) is 49.8. The third-order valence-electron chi connectivity index (χ3n) is 11.0. The number of nitrogens with one attached hydrogen (secondary N) is 2. The number of alkyl halides is 6. The Labute approximate surface area is 336 Å². The highest BCUT2D eigenvalue weighted by molar-refractivity contribution is 6.12. The highest BCUT2D eigenvalue weighted by Gasteiger charge is 2.32. The average molecular weight is 792 g/mol. The maximum Gasteiger partial charge on any atom is 0.416 e. The molecule has 0 saturated heterocycles. The molecule has 2 N–H and O–H groups in total. The van der Waals surface area contributed by atoms with Gasteiger partial charge in [0.2, 0.25) is 0 Å². The molecule has 1 aliphatic rings. The molecule has 9 rings (SSSR count). The zero-order valence-electron chi connectivity index (χ0n) is 31.4. The lowest BCUT2D eigenvalue weighted by molar-refractivity contribution is -0.138. The molecule has 1 aliphatic heterocycles. The highest BCUT2D eigenvalue weighted by Crippen LogP contribution is 2.47. The Hall–Kier alpha value is -6.87. The van der Waals surface area contributed by atoms with Crippen LogP contribution in [0, 0.1) is 0 Å². The Balaban J connectivity index is 1.33. The van der Waals surface area contributed by atoms with Crippen LogP contribution in [0.25, 0.3) is 54.9 Å². The third-order valence-corrected chi connectivity index (χ3v) is 11.0. The fourth-order valence-electron chi connectivity index (χ4n) is 8.16. The molecule has 0 spiro atoms. The Morgan fingerprint density at radius 3 is 1.39 bits per heavy atom. The Bertz CT molecular complexity index is 2790. The molecule has 3 nitrogen and oxygen atoms in total. The second kappa shape index (κ2) is 15.1. The van der Waals surface area contributed by atoms with E-state index in [-0.39, 0.29) is 19.1 Å². The molecule has 0 unspecified atom stereocenters. The zero-order chi connectivity index (χ0) is 40.7. The molecule has 8 aromatic carbocycles. The summed E-state index contributed by atoms with van der Waals surface area (Å²) in [5.74, 6) is 0.472. The molecule has 292 valence electrons. The van der Waals surface area contributed by atoms with Crippen molar-refractivity contribution in [2.45, 2.75) is 31.5 Å². The minimum absolute atomic E-state index is 0.139. The van der Waals surface area contributed by atoms with Gasteiger partial charge in [-0.05, 0) is 114 Å². The number of hydrogen-bond donors (Lipinski definition) is 2. The van der Waals surface area contributed by atoms with E-state index in [1.807, 2.05) is 121 Å². The minimum atomic E-state index is -4.51. The van der Waals surface area contributed by atoms with E-state index in [1.165, 1.54) is 24.3 Å². The summed E-state index contributed by atoms with van der Waals surface area (Å²) in [5.41, 5.74) is 6.48. The summed E-state index contributed by atoms with van der Waals surface area (Å²) in [5, 5.41) is 10.9. The summed E-state index contributed by atoms with van der Waals surface area (Å²) in [6.07, 6.45) is -9.01. The molecule has 1 heterocycles. The smallest absolute Gasteiger partial charge is 0.352 e. The first kappa shape index (κ1) is 37.7. The quantitative estimate of drug-likeness (QED) is 0.170. The molecular weight excluding hydrogens is 757 g/mol. The van der Waals surface area contributed by atoms with Gasteiger partial charge in [-0.2, -0.15) is 26.3 Å². The number of benzene rings is 8. The summed E-state index contributed by atoms with van der Waals surface area (Å²) in [6.45, 7) is 0.372. The monoisotopic (exact) mass is 791 g/mol. The van der Waals surface area contributed by atoms with Crippen LogP contribution in [-0.4, -0.2) is 5.96 Å². The predicted octanol–water partition coefficient (Wildman–Crippen LogP) is 13.4. The van der Waals surface area contributed by atoms with E-state index in [1.54, 1.807) is 0 Å². The standard InChI is InChI=1S/C50H35F6N3/c51-49(52,53)37-23-19-31(20-24-37)41-27-35-15-7-9-17-39(35)45-43(41)29-57-48(59-47(33-11-3-1-4-12-33)34-13-5-2-6-14-34)58-30-44-42(28-36-16-8-10-18-40(36)46(44)45)32-21-25-38(26-22-32)50(54,55)56/h1-28,47H,29-30H2,(H2,57,58,59). The predicted molar refractivity (Wildman–Crippen MR) is 224 cm³/mol. The second-order valence-electron chi connectivity index (χ2n) is 14.6. The summed E-state index contributed by atoms with van der Waals surface area (Å²) in [7, 11) is 0. The van der Waals surface area contributed by atoms with Crippen molar-refractivity contribution in [1.29, 1.82) is 0 Å². The number of fused-ring (bicyclic) bond motifs is 7. The van der Waals surface area contributed by atoms with Crippen molar-refractivity contribution in [3.8, 4) is 33.4 Å². The van der Waals surface area contributed by atoms with Crippen LogP contribution in [0.3, 0.4) is 0 Å². The fourth-order valence-corrected chi connectivity index (χ4v) is 8.16. The topological polar surface area (TPSA) is 36.4 Å². The van der Waals surface area contributed by atoms with E-state index in [4.69, 9.17) is 4.99 Å². The summed E-state index contributed by atoms with van der Waals surface area (Å²) >= 11 is 0. The van der Waals surface area contributed by atoms with Gasteiger partial charge < -0.3 is 10.6 Å². The van der Waals surface area contributed by atoms with E-state index in [2.05, 4.69) is 10.6 Å². The maximum atomic E-state index is 13.8. The molecule has 8 aromatic rings. The van der Waals surface area contributed by atoms with Gasteiger partial charge in [-0.3, -0.25) is 0 Å². The van der Waals surface area contributed by atoms with Crippen molar-refractivity contribution in [3.05, 3.63) is 203 Å². The van der Waals surface area contributed by atoms with Crippen molar-refractivity contribution in [1.82, 2.24) is 10.6 Å². The van der Waals surface area contributed by atoms with Crippen LogP contribution >= 0.6 is 0 Å². The molecule has 9 heteroatoms. The molecule has 0 saturated carbocycles. The van der Waals surface area contributed by atoms with E-state index in [9.17, 15) is 26.3 Å². The minimum Gasteiger partial charge on any atom is -0.352 e. The van der Waals surface area contributed by atoms with Crippen LogP contribution in [0.15, 0.2) is 175 Å². The van der Waals surface area contributed by atoms with Gasteiger partial charge in [-0.1, -0.05) is 133 Å². The maximum absolute atomic E-state index is 13.8. The van der Waals surface area contributed by atoms with Crippen LogP contribution < -0.4 is 10.6 Å². The molecular formula is C50H35F6N3. The Morgan fingerprint density at radius 2 is 0.915 bits per heavy atom. The van der Waals surface area contributed by atoms with Gasteiger partial charge in [-0.25, -0.2) is 4.99 Å². The number of halogens is 6. The number of aliphatic imine (C=N–C) groups is 1. The first-order valence-corrected chi connectivity index (χ1v) is 19.1. The lowest BCUT2D eigenvalue weighted by Crippen LogP contribution is -2.39. The SMILES string of the molecule is FC(F)(F)c1ccc(-c2cc3ccccc3c3c2CN=C(NC(c2ccccc2)c2ccccc2)NCc2c(-c4ccc(C(F)(F)F)cc4)cc4ccccc4c2-3)cc1. The van der Waals surface area contributed by atoms with Gasteiger partial charge in [0.25, 0.3) is 0 Å². The molecule has 59 heavy (non-hydrogen) atoms. The lowest BCUT2D eigenvalue weighted by Gasteiger charge is -2.24. The molecule has 0 atom stereocenters. The Morgan fingerprint density at radius 1 is 0.492 bits per heavy atom. The van der Waals surface area contributed by atoms with Crippen molar-refractivity contribution in [2.75, 3.05) is 0 Å². The number of hydrogen-bond acceptors (Lipinski definition) is 3. The van der Waals surface area contributed by atoms with E-state index in [0.29, 0.717) is 17.1 Å². The number of nitrogens with zero attached hydrogens (tertiary/aromatic N) is 1. The van der Waals surface area contributed by atoms with Crippen LogP contribution in [0.4, 0.5) is 26.3 Å². The number of guanidine groups is 1. The second-order valence-corrected chi connectivity index (χ2v) is 14.6. The van der Waals surface area contributed by atoms with Crippen molar-refractivity contribution < 1.29 is 26.3 Å². The average Bonchev–Trinajstić information content (AvgIpc) is 3.33. The zero-order valence-corrected chi connectivity index (χ0v) is 31.4. The molecule has 0 radical (unpaired) electrons. The molecule has 0 amide bonds. The van der Waals surface area contributed by atoms with Gasteiger partial charge in [0, 0.05) is 6.54 Å². The molecule has 0 aliphatic carbocycles. The Kier molecular flexibility index (Phi) is 9.67. The van der Waals surface area contributed by atoms with E-state index < -0.39 is 23.5 Å². The van der Waals surface area contributed by atoms with Gasteiger partial charge in [-0.15, -0.1) is 0 Å². The normalized spacial score (nSPS) is 13.2. The largest absolute Gasteiger partial charge is 0.416 e. The molecule has 0 aromatic heterocycles. The summed E-state index contributed by atoms with van der Waals surface area (Å²) in [4.78, 5) is 5.22. The molecule has 0 fully saturated rings. The fraction of sp³-hybridized carbons (Fsp3) is 0.100. The first-order chi connectivity index (χ1) is 28.5. The first-order valence-electron chi connectivity index (χ1n) is 19.1. The van der Waals surface area contributed by atoms with E-state index >= 15 is 0 Å². The van der Waals surface area contributed by atoms with Gasteiger partial charge >= 0.3 is 12.4 Å². The highest BCUT2D eigenvalue weighted by atomic mass is 19.4. The van der Waals surface area contributed by atoms with Gasteiger partial charge in [0.15, 0.2) is 5.96 Å². The summed E-state index contributed by atoms with van der Waals surface area (Å²) < 4.78 is 83.0. The van der Waals surface area contributed by atoms with Crippen LogP contribution in [-0.2, 0) is 25.4 Å². The van der Waals surface area contributed by atoms with Crippen LogP contribution in [0.5, 0.6) is 0 Å². The third kappa shape index (κ3) is 7.40. The van der Waals surface area contributed by atoms with Crippen LogP contribution in [0.2, 0.25) is 0 Å². The lowest BCUT2D eigenvalue weighted by atomic mass is 9.81. The van der Waals surface area contributed by atoms with E-state index in [0.717, 1.165) is 90.3 Å². The number of rotatable bonds is 5. The van der Waals surface area contributed by atoms with Crippen LogP contribution in [0.1, 0.15) is 39.4 Å². The van der Waals surface area contributed by atoms with Gasteiger partial charge in [0.1, 0.15) is 0 Å². The van der Waals surface area contributed by atoms with Crippen molar-refractivity contribution in [3.63, 3.8) is 0 Å².